The standard InChI is InChI=1S/C13H18BrNO/c1-11(16)4-3-8-15-9-7-12-5-2-6-13(14)10-12/h2,5-6,10,15H,3-4,7-9H2,1H3. The number of rotatable bonds is 7. The number of nitrogens with one attached hydrogen (secondary N) is 1. The van der Waals surface area contributed by atoms with Crippen molar-refractivity contribution in [2.24, 2.45) is 0 Å². The van der Waals surface area contributed by atoms with Crippen molar-refractivity contribution in [3.8, 4) is 0 Å². The molecule has 0 heterocycles. The topological polar surface area (TPSA) is 29.1 Å². The molecule has 3 heteroatoms. The molecule has 0 fully saturated rings. The monoisotopic (exact) mass is 283 g/mol. The van der Waals surface area contributed by atoms with Gasteiger partial charge in [0.2, 0.25) is 0 Å². The highest BCUT2D eigenvalue weighted by Crippen LogP contribution is 2.11. The van der Waals surface area contributed by atoms with Crippen molar-refractivity contribution in [1.29, 1.82) is 0 Å². The summed E-state index contributed by atoms with van der Waals surface area (Å²) < 4.78 is 1.13. The predicted molar refractivity (Wildman–Crippen MR) is 70.6 cm³/mol. The van der Waals surface area contributed by atoms with E-state index in [1.807, 2.05) is 6.07 Å². The Balaban J connectivity index is 2.09. The zero-order valence-corrected chi connectivity index (χ0v) is 11.2. The molecule has 0 aliphatic heterocycles. The number of hydrogen-bond acceptors (Lipinski definition) is 2. The van der Waals surface area contributed by atoms with Crippen LogP contribution in [0.15, 0.2) is 28.7 Å². The lowest BCUT2D eigenvalue weighted by atomic mass is 10.1. The van der Waals surface area contributed by atoms with Crippen molar-refractivity contribution in [3.05, 3.63) is 34.3 Å². The molecule has 1 aromatic rings. The van der Waals surface area contributed by atoms with Gasteiger partial charge in [-0.05, 0) is 50.6 Å². The Morgan fingerprint density at radius 3 is 2.88 bits per heavy atom. The summed E-state index contributed by atoms with van der Waals surface area (Å²) in [6, 6.07) is 8.35. The molecule has 88 valence electrons. The van der Waals surface area contributed by atoms with Gasteiger partial charge in [0.1, 0.15) is 5.78 Å². The first-order valence-electron chi connectivity index (χ1n) is 5.63. The smallest absolute Gasteiger partial charge is 0.129 e. The molecule has 0 aliphatic rings. The van der Waals surface area contributed by atoms with Gasteiger partial charge in [0.25, 0.3) is 0 Å². The van der Waals surface area contributed by atoms with Crippen LogP contribution < -0.4 is 5.32 Å². The van der Waals surface area contributed by atoms with E-state index in [2.05, 4.69) is 39.4 Å². The van der Waals surface area contributed by atoms with Crippen molar-refractivity contribution in [1.82, 2.24) is 5.32 Å². The van der Waals surface area contributed by atoms with E-state index in [-0.39, 0.29) is 5.78 Å². The fourth-order valence-electron chi connectivity index (χ4n) is 1.51. The van der Waals surface area contributed by atoms with Crippen LogP contribution in [0.2, 0.25) is 0 Å². The predicted octanol–water partition coefficient (Wildman–Crippen LogP) is 2.95. The van der Waals surface area contributed by atoms with Gasteiger partial charge in [-0.15, -0.1) is 0 Å². The molecule has 0 saturated carbocycles. The van der Waals surface area contributed by atoms with E-state index in [1.165, 1.54) is 5.56 Å². The Labute approximate surface area is 106 Å². The van der Waals surface area contributed by atoms with Crippen LogP contribution in [-0.2, 0) is 11.2 Å². The Kier molecular flexibility index (Phi) is 6.34. The summed E-state index contributed by atoms with van der Waals surface area (Å²) in [6.07, 6.45) is 2.65. The third-order valence-corrected chi connectivity index (χ3v) is 2.86. The lowest BCUT2D eigenvalue weighted by Gasteiger charge is -2.04. The summed E-state index contributed by atoms with van der Waals surface area (Å²) in [5.41, 5.74) is 1.33. The molecular formula is C13H18BrNO. The molecule has 0 atom stereocenters. The Morgan fingerprint density at radius 2 is 2.19 bits per heavy atom. The van der Waals surface area contributed by atoms with Crippen molar-refractivity contribution >= 4 is 21.7 Å². The Bertz CT molecular complexity index is 338. The molecule has 0 bridgehead atoms. The maximum Gasteiger partial charge on any atom is 0.129 e. The summed E-state index contributed by atoms with van der Waals surface area (Å²) in [5, 5.41) is 3.34. The maximum atomic E-state index is 10.7. The lowest BCUT2D eigenvalue weighted by Crippen LogP contribution is -2.19. The highest BCUT2D eigenvalue weighted by molar-refractivity contribution is 9.10. The molecule has 0 amide bonds. The zero-order chi connectivity index (χ0) is 11.8. The average molecular weight is 284 g/mol. The summed E-state index contributed by atoms with van der Waals surface area (Å²) in [4.78, 5) is 10.7. The highest BCUT2D eigenvalue weighted by Gasteiger charge is 1.95. The third kappa shape index (κ3) is 6.03. The van der Waals surface area contributed by atoms with Gasteiger partial charge < -0.3 is 10.1 Å². The number of carbonyl (C=O) groups excluding carboxylic acids is 1. The van der Waals surface area contributed by atoms with Crippen LogP contribution in [0, 0.1) is 0 Å². The van der Waals surface area contributed by atoms with Gasteiger partial charge in [-0.3, -0.25) is 0 Å². The summed E-state index contributed by atoms with van der Waals surface area (Å²) >= 11 is 3.45. The average Bonchev–Trinajstić information content (AvgIpc) is 2.23. The first kappa shape index (κ1) is 13.4. The van der Waals surface area contributed by atoms with Crippen molar-refractivity contribution in [3.63, 3.8) is 0 Å². The van der Waals surface area contributed by atoms with Crippen LogP contribution in [0.4, 0.5) is 0 Å². The van der Waals surface area contributed by atoms with E-state index in [1.54, 1.807) is 6.92 Å². The van der Waals surface area contributed by atoms with Crippen LogP contribution in [0.3, 0.4) is 0 Å². The molecule has 16 heavy (non-hydrogen) atoms. The third-order valence-electron chi connectivity index (χ3n) is 2.36. The molecule has 1 N–H and O–H groups in total. The molecule has 0 spiro atoms. The van der Waals surface area contributed by atoms with E-state index in [0.29, 0.717) is 6.42 Å². The molecule has 1 aromatic carbocycles. The number of halogens is 1. The van der Waals surface area contributed by atoms with Crippen LogP contribution >= 0.6 is 15.9 Å². The number of ketones is 1. The van der Waals surface area contributed by atoms with Gasteiger partial charge in [0.05, 0.1) is 0 Å². The minimum Gasteiger partial charge on any atom is -0.316 e. The minimum atomic E-state index is 0.272. The van der Waals surface area contributed by atoms with Crippen molar-refractivity contribution in [2.45, 2.75) is 26.2 Å². The molecule has 2 nitrogen and oxygen atoms in total. The zero-order valence-electron chi connectivity index (χ0n) is 9.63. The summed E-state index contributed by atoms with van der Waals surface area (Å²) in [6.45, 7) is 3.53. The molecular weight excluding hydrogens is 266 g/mol. The summed E-state index contributed by atoms with van der Waals surface area (Å²) in [7, 11) is 0. The maximum absolute atomic E-state index is 10.7. The quantitative estimate of drug-likeness (QED) is 0.780. The van der Waals surface area contributed by atoms with Crippen LogP contribution in [0.1, 0.15) is 25.3 Å². The fourth-order valence-corrected chi connectivity index (χ4v) is 1.96. The highest BCUT2D eigenvalue weighted by atomic mass is 79.9. The molecule has 0 unspecified atom stereocenters. The lowest BCUT2D eigenvalue weighted by molar-refractivity contribution is -0.117. The van der Waals surface area contributed by atoms with Gasteiger partial charge in [-0.1, -0.05) is 28.1 Å². The number of hydrogen-bond donors (Lipinski definition) is 1. The normalized spacial score (nSPS) is 10.4. The van der Waals surface area contributed by atoms with Crippen molar-refractivity contribution in [2.75, 3.05) is 13.1 Å². The van der Waals surface area contributed by atoms with Gasteiger partial charge >= 0.3 is 0 Å². The van der Waals surface area contributed by atoms with E-state index in [4.69, 9.17) is 0 Å². The van der Waals surface area contributed by atoms with E-state index in [9.17, 15) is 4.79 Å². The SMILES string of the molecule is CC(=O)CCCNCCc1cccc(Br)c1. The van der Waals surface area contributed by atoms with E-state index in [0.717, 1.165) is 30.4 Å². The number of carbonyl (C=O) groups is 1. The van der Waals surface area contributed by atoms with Gasteiger partial charge in [0, 0.05) is 10.9 Å². The second-order valence-corrected chi connectivity index (χ2v) is 4.85. The number of Topliss-reactive ketones (excluding diaryl/α,β-unsaturated/α-hetero) is 1. The van der Waals surface area contributed by atoms with E-state index >= 15 is 0 Å². The minimum absolute atomic E-state index is 0.272. The second-order valence-electron chi connectivity index (χ2n) is 3.94. The first-order valence-corrected chi connectivity index (χ1v) is 6.42. The van der Waals surface area contributed by atoms with Crippen LogP contribution in [-0.4, -0.2) is 18.9 Å². The molecule has 0 aliphatic carbocycles. The number of benzene rings is 1. The molecule has 0 aromatic heterocycles. The van der Waals surface area contributed by atoms with Gasteiger partial charge in [-0.2, -0.15) is 0 Å². The van der Waals surface area contributed by atoms with Gasteiger partial charge in [0.15, 0.2) is 0 Å². The van der Waals surface area contributed by atoms with Crippen LogP contribution in [0.25, 0.3) is 0 Å². The molecule has 1 rings (SSSR count). The molecule has 0 saturated heterocycles. The largest absolute Gasteiger partial charge is 0.316 e. The van der Waals surface area contributed by atoms with Crippen LogP contribution in [0.5, 0.6) is 0 Å². The first-order chi connectivity index (χ1) is 7.68. The summed E-state index contributed by atoms with van der Waals surface area (Å²) in [5.74, 6) is 0.272. The van der Waals surface area contributed by atoms with E-state index < -0.39 is 0 Å². The second kappa shape index (κ2) is 7.58. The molecule has 0 radical (unpaired) electrons. The Hall–Kier alpha value is -0.670. The van der Waals surface area contributed by atoms with Gasteiger partial charge in [-0.25, -0.2) is 0 Å². The van der Waals surface area contributed by atoms with Crippen molar-refractivity contribution < 1.29 is 4.79 Å². The Morgan fingerprint density at radius 1 is 1.38 bits per heavy atom. The fraction of sp³-hybridized carbons (Fsp3) is 0.462.